The maximum Gasteiger partial charge on any atom is 0.269 e. The Kier molecular flexibility index (Phi) is 5.33. The van der Waals surface area contributed by atoms with Crippen molar-refractivity contribution in [2.24, 2.45) is 0 Å². The molecule has 28 heavy (non-hydrogen) atoms. The number of nitro benzene ring substituents is 1. The normalized spacial score (nSPS) is 10.9. The summed E-state index contributed by atoms with van der Waals surface area (Å²) in [5, 5.41) is 15.4. The summed E-state index contributed by atoms with van der Waals surface area (Å²) in [5.41, 5.74) is 6.82. The molecule has 7 heteroatoms. The number of nitrogens with zero attached hydrogens (tertiary/aromatic N) is 3. The standard InChI is InChI=1S/C21H21N3O3Si/c1-27-19-11-5-16(6-12-19)20-15-22-23(21(20)13-14-28(2,3)4)17-7-9-18(10-8-17)24(25)26/h5-12,15H,1-4H3. The van der Waals surface area contributed by atoms with E-state index < -0.39 is 13.0 Å². The van der Waals surface area contributed by atoms with Gasteiger partial charge in [0.25, 0.3) is 5.69 Å². The van der Waals surface area contributed by atoms with Crippen LogP contribution in [0.1, 0.15) is 5.69 Å². The smallest absolute Gasteiger partial charge is 0.269 e. The van der Waals surface area contributed by atoms with Crippen LogP contribution in [0.3, 0.4) is 0 Å². The molecule has 0 aliphatic heterocycles. The monoisotopic (exact) mass is 391 g/mol. The lowest BCUT2D eigenvalue weighted by Gasteiger charge is -2.08. The zero-order chi connectivity index (χ0) is 20.3. The van der Waals surface area contributed by atoms with E-state index in [1.54, 1.807) is 30.1 Å². The molecule has 3 rings (SSSR count). The molecule has 0 saturated heterocycles. The lowest BCUT2D eigenvalue weighted by Crippen LogP contribution is -2.16. The molecule has 1 heterocycles. The van der Waals surface area contributed by atoms with E-state index in [-0.39, 0.29) is 5.69 Å². The van der Waals surface area contributed by atoms with Gasteiger partial charge in [0.15, 0.2) is 0 Å². The van der Waals surface area contributed by atoms with Crippen LogP contribution in [0, 0.1) is 21.6 Å². The van der Waals surface area contributed by atoms with Crippen molar-refractivity contribution in [3.05, 3.63) is 70.5 Å². The summed E-state index contributed by atoms with van der Waals surface area (Å²) < 4.78 is 6.97. The molecule has 6 nitrogen and oxygen atoms in total. The van der Waals surface area contributed by atoms with Crippen molar-refractivity contribution < 1.29 is 9.66 Å². The van der Waals surface area contributed by atoms with Gasteiger partial charge in [-0.1, -0.05) is 37.7 Å². The van der Waals surface area contributed by atoms with Gasteiger partial charge in [0, 0.05) is 17.7 Å². The summed E-state index contributed by atoms with van der Waals surface area (Å²) in [7, 11) is 0.0202. The molecule has 0 bridgehead atoms. The van der Waals surface area contributed by atoms with E-state index in [1.165, 1.54) is 12.1 Å². The highest BCUT2D eigenvalue weighted by atomic mass is 28.3. The molecule has 2 aromatic carbocycles. The minimum absolute atomic E-state index is 0.0426. The molecule has 1 aromatic heterocycles. The van der Waals surface area contributed by atoms with Crippen molar-refractivity contribution in [3.63, 3.8) is 0 Å². The van der Waals surface area contributed by atoms with E-state index in [1.807, 2.05) is 24.3 Å². The highest BCUT2D eigenvalue weighted by Gasteiger charge is 2.15. The predicted molar refractivity (Wildman–Crippen MR) is 112 cm³/mol. The number of hydrogen-bond acceptors (Lipinski definition) is 4. The number of rotatable bonds is 4. The minimum Gasteiger partial charge on any atom is -0.497 e. The third-order valence-corrected chi connectivity index (χ3v) is 4.91. The third-order valence-electron chi connectivity index (χ3n) is 4.03. The number of ether oxygens (including phenoxy) is 1. The lowest BCUT2D eigenvalue weighted by molar-refractivity contribution is -0.384. The SMILES string of the molecule is COc1ccc(-c2cnn(-c3ccc([N+](=O)[O-])cc3)c2C#C[Si](C)(C)C)cc1. The van der Waals surface area contributed by atoms with Gasteiger partial charge < -0.3 is 4.74 Å². The fourth-order valence-electron chi connectivity index (χ4n) is 2.61. The molecular formula is C21H21N3O3Si. The first-order chi connectivity index (χ1) is 13.3. The van der Waals surface area contributed by atoms with E-state index in [2.05, 4.69) is 36.2 Å². The van der Waals surface area contributed by atoms with Crippen molar-refractivity contribution in [2.75, 3.05) is 7.11 Å². The van der Waals surface area contributed by atoms with Crippen LogP contribution < -0.4 is 4.74 Å². The van der Waals surface area contributed by atoms with Crippen LogP contribution in [0.5, 0.6) is 5.75 Å². The zero-order valence-electron chi connectivity index (χ0n) is 16.3. The predicted octanol–water partition coefficient (Wildman–Crippen LogP) is 4.69. The molecule has 0 saturated carbocycles. The summed E-state index contributed by atoms with van der Waals surface area (Å²) in [6.45, 7) is 6.54. The average molecular weight is 392 g/mol. The van der Waals surface area contributed by atoms with Gasteiger partial charge >= 0.3 is 0 Å². The van der Waals surface area contributed by atoms with Crippen molar-refractivity contribution in [1.82, 2.24) is 9.78 Å². The second-order valence-electron chi connectivity index (χ2n) is 7.32. The summed E-state index contributed by atoms with van der Waals surface area (Å²) in [6.07, 6.45) is 1.78. The second kappa shape index (κ2) is 7.70. The Balaban J connectivity index is 2.12. The Bertz CT molecular complexity index is 1050. The summed E-state index contributed by atoms with van der Waals surface area (Å²) in [5.74, 6) is 4.09. The molecule has 3 aromatic rings. The fourth-order valence-corrected chi connectivity index (χ4v) is 3.10. The van der Waals surface area contributed by atoms with E-state index in [9.17, 15) is 10.1 Å². The first-order valence-electron chi connectivity index (χ1n) is 8.79. The van der Waals surface area contributed by atoms with Gasteiger partial charge in [0.2, 0.25) is 0 Å². The Labute approximate surface area is 164 Å². The number of nitro groups is 1. The van der Waals surface area contributed by atoms with Crippen LogP contribution in [0.2, 0.25) is 19.6 Å². The van der Waals surface area contributed by atoms with Gasteiger partial charge in [-0.3, -0.25) is 10.1 Å². The molecule has 0 fully saturated rings. The zero-order valence-corrected chi connectivity index (χ0v) is 17.3. The molecule has 0 N–H and O–H groups in total. The summed E-state index contributed by atoms with van der Waals surface area (Å²) in [6, 6.07) is 14.0. The molecule has 0 radical (unpaired) electrons. The van der Waals surface area contributed by atoms with Crippen molar-refractivity contribution in [1.29, 1.82) is 0 Å². The van der Waals surface area contributed by atoms with Crippen LogP contribution in [0.4, 0.5) is 5.69 Å². The topological polar surface area (TPSA) is 70.2 Å². The quantitative estimate of drug-likeness (QED) is 0.280. The van der Waals surface area contributed by atoms with Gasteiger partial charge in [0.05, 0.1) is 23.9 Å². The highest BCUT2D eigenvalue weighted by Crippen LogP contribution is 2.27. The number of benzene rings is 2. The Morgan fingerprint density at radius 3 is 2.25 bits per heavy atom. The minimum atomic E-state index is -1.61. The average Bonchev–Trinajstić information content (AvgIpc) is 3.10. The fraction of sp³-hybridized carbons (Fsp3) is 0.190. The maximum atomic E-state index is 10.9. The molecule has 0 spiro atoms. The van der Waals surface area contributed by atoms with Crippen LogP contribution >= 0.6 is 0 Å². The Hall–Kier alpha value is -3.37. The first kappa shape index (κ1) is 19.4. The summed E-state index contributed by atoms with van der Waals surface area (Å²) >= 11 is 0. The van der Waals surface area contributed by atoms with Crippen LogP contribution in [-0.4, -0.2) is 29.9 Å². The number of aromatic nitrogens is 2. The van der Waals surface area contributed by atoms with Gasteiger partial charge in [-0.25, -0.2) is 4.68 Å². The van der Waals surface area contributed by atoms with Crippen molar-refractivity contribution in [2.45, 2.75) is 19.6 Å². The molecule has 0 atom stereocenters. The van der Waals surface area contributed by atoms with E-state index >= 15 is 0 Å². The van der Waals surface area contributed by atoms with Crippen LogP contribution in [0.25, 0.3) is 16.8 Å². The number of methoxy groups -OCH3 is 1. The lowest BCUT2D eigenvalue weighted by atomic mass is 10.1. The first-order valence-corrected chi connectivity index (χ1v) is 12.3. The molecule has 0 aliphatic carbocycles. The van der Waals surface area contributed by atoms with Gasteiger partial charge in [-0.2, -0.15) is 5.10 Å². The molecule has 142 valence electrons. The van der Waals surface area contributed by atoms with E-state index in [0.29, 0.717) is 0 Å². The Morgan fingerprint density at radius 1 is 1.07 bits per heavy atom. The maximum absolute atomic E-state index is 10.9. The van der Waals surface area contributed by atoms with E-state index in [4.69, 9.17) is 4.74 Å². The molecule has 0 unspecified atom stereocenters. The van der Waals surface area contributed by atoms with Crippen LogP contribution in [0.15, 0.2) is 54.7 Å². The third kappa shape index (κ3) is 4.30. The van der Waals surface area contributed by atoms with Crippen molar-refractivity contribution >= 4 is 13.8 Å². The Morgan fingerprint density at radius 2 is 1.71 bits per heavy atom. The molecule has 0 amide bonds. The van der Waals surface area contributed by atoms with Gasteiger partial charge in [-0.15, -0.1) is 5.54 Å². The number of hydrogen-bond donors (Lipinski definition) is 0. The largest absolute Gasteiger partial charge is 0.497 e. The van der Waals surface area contributed by atoms with Crippen LogP contribution in [-0.2, 0) is 0 Å². The number of non-ortho nitro benzene ring substituents is 1. The molecular weight excluding hydrogens is 370 g/mol. The van der Waals surface area contributed by atoms with Crippen molar-refractivity contribution in [3.8, 4) is 34.0 Å². The van der Waals surface area contributed by atoms with Gasteiger partial charge in [0.1, 0.15) is 19.5 Å². The highest BCUT2D eigenvalue weighted by molar-refractivity contribution is 6.83. The van der Waals surface area contributed by atoms with Gasteiger partial charge in [-0.05, 0) is 29.8 Å². The molecule has 0 aliphatic rings. The van der Waals surface area contributed by atoms with E-state index in [0.717, 1.165) is 28.3 Å². The summed E-state index contributed by atoms with van der Waals surface area (Å²) in [4.78, 5) is 10.5. The second-order valence-corrected chi connectivity index (χ2v) is 12.1.